The Morgan fingerprint density at radius 1 is 1.06 bits per heavy atom. The van der Waals surface area contributed by atoms with Crippen LogP contribution in [0.25, 0.3) is 0 Å². The zero-order valence-electron chi connectivity index (χ0n) is 17.8. The highest BCUT2D eigenvalue weighted by molar-refractivity contribution is 5.63. The lowest BCUT2D eigenvalue weighted by atomic mass is 9.90. The van der Waals surface area contributed by atoms with Gasteiger partial charge in [0.2, 0.25) is 5.82 Å². The lowest BCUT2D eigenvalue weighted by molar-refractivity contribution is -0.385. The van der Waals surface area contributed by atoms with Crippen LogP contribution in [0.15, 0.2) is 54.9 Å². The van der Waals surface area contributed by atoms with Gasteiger partial charge in [-0.15, -0.1) is 0 Å². The average molecular weight is 418 g/mol. The highest BCUT2D eigenvalue weighted by Gasteiger charge is 2.31. The van der Waals surface area contributed by atoms with E-state index < -0.39 is 4.92 Å². The standard InChI is InChI=1S/C24H26N4O3/c1-17-12-18(2)14-21(13-17)31-24-22(28(29)30)23(25-16-26-24)27-10-8-20(9-11-27)15-19-6-4-3-5-7-19/h3-7,12-14,16,20H,8-11,15H2,1-2H3. The van der Waals surface area contributed by atoms with E-state index in [4.69, 9.17) is 4.74 Å². The third-order valence-corrected chi connectivity index (χ3v) is 5.64. The van der Waals surface area contributed by atoms with E-state index in [-0.39, 0.29) is 11.6 Å². The molecule has 0 spiro atoms. The van der Waals surface area contributed by atoms with Crippen molar-refractivity contribution < 1.29 is 9.66 Å². The Labute approximate surface area is 181 Å². The Kier molecular flexibility index (Phi) is 6.11. The first-order valence-corrected chi connectivity index (χ1v) is 10.5. The fourth-order valence-electron chi connectivity index (χ4n) is 4.22. The summed E-state index contributed by atoms with van der Waals surface area (Å²) in [5.74, 6) is 1.40. The van der Waals surface area contributed by atoms with Crippen LogP contribution >= 0.6 is 0 Å². The van der Waals surface area contributed by atoms with E-state index in [0.29, 0.717) is 17.5 Å². The van der Waals surface area contributed by atoms with E-state index in [9.17, 15) is 10.1 Å². The van der Waals surface area contributed by atoms with Crippen molar-refractivity contribution in [2.45, 2.75) is 33.1 Å². The lowest BCUT2D eigenvalue weighted by Crippen LogP contribution is -2.35. The second kappa shape index (κ2) is 9.12. The topological polar surface area (TPSA) is 81.4 Å². The summed E-state index contributed by atoms with van der Waals surface area (Å²) < 4.78 is 5.84. The quantitative estimate of drug-likeness (QED) is 0.401. The number of aromatic nitrogens is 2. The van der Waals surface area contributed by atoms with Crippen LogP contribution in [-0.2, 0) is 6.42 Å². The molecule has 7 heteroatoms. The van der Waals surface area contributed by atoms with Crippen LogP contribution in [0.5, 0.6) is 11.6 Å². The summed E-state index contributed by atoms with van der Waals surface area (Å²) in [6.07, 6.45) is 4.30. The maximum absolute atomic E-state index is 11.9. The normalized spacial score (nSPS) is 14.5. The van der Waals surface area contributed by atoms with Crippen LogP contribution < -0.4 is 9.64 Å². The molecule has 0 amide bonds. The molecular formula is C24H26N4O3. The summed E-state index contributed by atoms with van der Waals surface area (Å²) in [7, 11) is 0. The molecule has 2 heterocycles. The Morgan fingerprint density at radius 3 is 2.39 bits per heavy atom. The van der Waals surface area contributed by atoms with Crippen molar-refractivity contribution in [3.8, 4) is 11.6 Å². The molecule has 7 nitrogen and oxygen atoms in total. The molecule has 0 aliphatic carbocycles. The van der Waals surface area contributed by atoms with E-state index in [2.05, 4.69) is 34.2 Å². The number of hydrogen-bond acceptors (Lipinski definition) is 6. The molecule has 4 rings (SSSR count). The molecule has 0 unspecified atom stereocenters. The van der Waals surface area contributed by atoms with Crippen molar-refractivity contribution in [1.29, 1.82) is 0 Å². The van der Waals surface area contributed by atoms with Crippen LogP contribution in [0.3, 0.4) is 0 Å². The number of ether oxygens (including phenoxy) is 1. The minimum atomic E-state index is -0.441. The summed E-state index contributed by atoms with van der Waals surface area (Å²) in [5, 5.41) is 11.9. The van der Waals surface area contributed by atoms with Crippen molar-refractivity contribution in [2.75, 3.05) is 18.0 Å². The van der Waals surface area contributed by atoms with Crippen LogP contribution in [-0.4, -0.2) is 28.0 Å². The van der Waals surface area contributed by atoms with Gasteiger partial charge in [-0.1, -0.05) is 36.4 Å². The molecule has 1 aliphatic heterocycles. The van der Waals surface area contributed by atoms with E-state index in [1.165, 1.54) is 11.9 Å². The van der Waals surface area contributed by atoms with Gasteiger partial charge in [0.1, 0.15) is 12.1 Å². The van der Waals surface area contributed by atoms with Gasteiger partial charge < -0.3 is 9.64 Å². The zero-order valence-corrected chi connectivity index (χ0v) is 17.8. The maximum Gasteiger partial charge on any atom is 0.373 e. The zero-order chi connectivity index (χ0) is 21.8. The Balaban J connectivity index is 1.52. The monoisotopic (exact) mass is 418 g/mol. The fraction of sp³-hybridized carbons (Fsp3) is 0.333. The molecule has 1 aromatic heterocycles. The van der Waals surface area contributed by atoms with Crippen molar-refractivity contribution in [3.63, 3.8) is 0 Å². The van der Waals surface area contributed by atoms with E-state index in [1.807, 2.05) is 43.0 Å². The molecular weight excluding hydrogens is 392 g/mol. The highest BCUT2D eigenvalue weighted by atomic mass is 16.6. The third kappa shape index (κ3) is 4.99. The van der Waals surface area contributed by atoms with Gasteiger partial charge in [-0.05, 0) is 67.9 Å². The van der Waals surface area contributed by atoms with Gasteiger partial charge in [0.15, 0.2) is 0 Å². The largest absolute Gasteiger partial charge is 0.434 e. The number of benzene rings is 2. The molecule has 1 fully saturated rings. The van der Waals surface area contributed by atoms with Crippen LogP contribution in [0.4, 0.5) is 11.5 Å². The minimum Gasteiger partial charge on any atom is -0.434 e. The first-order chi connectivity index (χ1) is 15.0. The van der Waals surface area contributed by atoms with Crippen LogP contribution in [0.1, 0.15) is 29.5 Å². The number of piperidine rings is 1. The SMILES string of the molecule is Cc1cc(C)cc(Oc2ncnc(N3CCC(Cc4ccccc4)CC3)c2[N+](=O)[O-])c1. The number of hydrogen-bond donors (Lipinski definition) is 0. The summed E-state index contributed by atoms with van der Waals surface area (Å²) in [6.45, 7) is 5.36. The van der Waals surface area contributed by atoms with E-state index in [1.54, 1.807) is 0 Å². The highest BCUT2D eigenvalue weighted by Crippen LogP contribution is 2.38. The third-order valence-electron chi connectivity index (χ3n) is 5.64. The summed E-state index contributed by atoms with van der Waals surface area (Å²) in [5.41, 5.74) is 3.20. The molecule has 1 saturated heterocycles. The summed E-state index contributed by atoms with van der Waals surface area (Å²) in [6, 6.07) is 16.2. The van der Waals surface area contributed by atoms with Crippen molar-refractivity contribution in [3.05, 3.63) is 81.7 Å². The minimum absolute atomic E-state index is 0.0218. The maximum atomic E-state index is 11.9. The van der Waals surface area contributed by atoms with Crippen molar-refractivity contribution in [1.82, 2.24) is 9.97 Å². The number of anilines is 1. The van der Waals surface area contributed by atoms with Crippen molar-refractivity contribution in [2.24, 2.45) is 5.92 Å². The Morgan fingerprint density at radius 2 is 1.74 bits per heavy atom. The predicted octanol–water partition coefficient (Wildman–Crippen LogP) is 5.25. The van der Waals surface area contributed by atoms with E-state index in [0.717, 1.165) is 43.5 Å². The number of aryl methyl sites for hydroxylation is 2. The van der Waals surface area contributed by atoms with Gasteiger partial charge in [0.05, 0.1) is 4.92 Å². The summed E-state index contributed by atoms with van der Waals surface area (Å²) >= 11 is 0. The molecule has 1 aliphatic rings. The van der Waals surface area contributed by atoms with Gasteiger partial charge >= 0.3 is 11.6 Å². The fourth-order valence-corrected chi connectivity index (χ4v) is 4.22. The molecule has 0 atom stereocenters. The number of nitro groups is 1. The molecule has 0 saturated carbocycles. The molecule has 3 aromatic rings. The second-order valence-electron chi connectivity index (χ2n) is 8.15. The Hall–Kier alpha value is -3.48. The predicted molar refractivity (Wildman–Crippen MR) is 120 cm³/mol. The van der Waals surface area contributed by atoms with Gasteiger partial charge in [-0.25, -0.2) is 4.98 Å². The molecule has 31 heavy (non-hydrogen) atoms. The molecule has 0 N–H and O–H groups in total. The first-order valence-electron chi connectivity index (χ1n) is 10.5. The number of rotatable bonds is 6. The van der Waals surface area contributed by atoms with Crippen molar-refractivity contribution >= 4 is 11.5 Å². The number of nitrogens with zero attached hydrogens (tertiary/aromatic N) is 4. The Bertz CT molecular complexity index is 1040. The van der Waals surface area contributed by atoms with Gasteiger partial charge in [-0.3, -0.25) is 10.1 Å². The molecule has 160 valence electrons. The summed E-state index contributed by atoms with van der Waals surface area (Å²) in [4.78, 5) is 21.8. The smallest absolute Gasteiger partial charge is 0.373 e. The van der Waals surface area contributed by atoms with Gasteiger partial charge in [-0.2, -0.15) is 4.98 Å². The lowest BCUT2D eigenvalue weighted by Gasteiger charge is -2.32. The van der Waals surface area contributed by atoms with E-state index >= 15 is 0 Å². The second-order valence-corrected chi connectivity index (χ2v) is 8.15. The van der Waals surface area contributed by atoms with Crippen LogP contribution in [0, 0.1) is 29.9 Å². The molecule has 0 radical (unpaired) electrons. The van der Waals surface area contributed by atoms with Gasteiger partial charge in [0.25, 0.3) is 0 Å². The molecule has 0 bridgehead atoms. The first kappa shape index (κ1) is 20.8. The average Bonchev–Trinajstić information content (AvgIpc) is 2.74. The van der Waals surface area contributed by atoms with Gasteiger partial charge in [0, 0.05) is 13.1 Å². The molecule has 2 aromatic carbocycles. The van der Waals surface area contributed by atoms with Crippen LogP contribution in [0.2, 0.25) is 0 Å².